The van der Waals surface area contributed by atoms with Gasteiger partial charge < -0.3 is 10.4 Å². The van der Waals surface area contributed by atoms with Crippen LogP contribution in [-0.2, 0) is 0 Å². The lowest BCUT2D eigenvalue weighted by Gasteiger charge is -2.30. The molecule has 0 aliphatic rings. The Morgan fingerprint density at radius 3 is 2.05 bits per heavy atom. The van der Waals surface area contributed by atoms with Crippen molar-refractivity contribution in [3.8, 4) is 0 Å². The molecule has 1 heterocycles. The van der Waals surface area contributed by atoms with E-state index in [4.69, 9.17) is 0 Å². The van der Waals surface area contributed by atoms with Gasteiger partial charge in [-0.15, -0.1) is 0 Å². The summed E-state index contributed by atoms with van der Waals surface area (Å²) in [6.45, 7) is 7.17. The van der Waals surface area contributed by atoms with Crippen molar-refractivity contribution in [2.24, 2.45) is 0 Å². The molecule has 2 aromatic rings. The van der Waals surface area contributed by atoms with E-state index in [0.717, 1.165) is 5.56 Å². The second-order valence-corrected chi connectivity index (χ2v) is 5.40. The standard InChI is InChI=1S/C15H20N4O/c1-10-16-11(2)18-14(17-10)19-13(15(3,4)20)12-8-6-5-7-9-12/h5-9,13,20H,1-4H3,(H,16,17,18,19)/t13-/m0/s1. The van der Waals surface area contributed by atoms with Crippen LogP contribution in [-0.4, -0.2) is 25.7 Å². The van der Waals surface area contributed by atoms with E-state index in [1.165, 1.54) is 0 Å². The summed E-state index contributed by atoms with van der Waals surface area (Å²) in [6.07, 6.45) is 0. The zero-order chi connectivity index (χ0) is 14.8. The molecule has 1 aromatic heterocycles. The molecule has 106 valence electrons. The van der Waals surface area contributed by atoms with Crippen molar-refractivity contribution in [1.29, 1.82) is 0 Å². The molecule has 5 heteroatoms. The van der Waals surface area contributed by atoms with Crippen molar-refractivity contribution in [2.75, 3.05) is 5.32 Å². The van der Waals surface area contributed by atoms with E-state index in [0.29, 0.717) is 17.6 Å². The summed E-state index contributed by atoms with van der Waals surface area (Å²) in [5.41, 5.74) is 0.0335. The van der Waals surface area contributed by atoms with Crippen LogP contribution in [0.4, 0.5) is 5.95 Å². The summed E-state index contributed by atoms with van der Waals surface area (Å²) in [5.74, 6) is 1.79. The van der Waals surface area contributed by atoms with Crippen LogP contribution in [0.15, 0.2) is 30.3 Å². The minimum atomic E-state index is -0.949. The predicted octanol–water partition coefficient (Wildman–Crippen LogP) is 2.41. The molecule has 0 saturated carbocycles. The number of aryl methyl sites for hydroxylation is 2. The summed E-state index contributed by atoms with van der Waals surface area (Å²) in [6, 6.07) is 9.47. The lowest BCUT2D eigenvalue weighted by molar-refractivity contribution is 0.0586. The van der Waals surface area contributed by atoms with Crippen molar-refractivity contribution < 1.29 is 5.11 Å². The Morgan fingerprint density at radius 1 is 1.00 bits per heavy atom. The molecule has 0 radical (unpaired) electrons. The Balaban J connectivity index is 2.34. The van der Waals surface area contributed by atoms with Crippen LogP contribution in [0, 0.1) is 13.8 Å². The highest BCUT2D eigenvalue weighted by Crippen LogP contribution is 2.28. The number of hydrogen-bond acceptors (Lipinski definition) is 5. The van der Waals surface area contributed by atoms with Crippen LogP contribution in [0.2, 0.25) is 0 Å². The quantitative estimate of drug-likeness (QED) is 0.894. The predicted molar refractivity (Wildman–Crippen MR) is 78.4 cm³/mol. The molecule has 2 rings (SSSR count). The van der Waals surface area contributed by atoms with Gasteiger partial charge in [-0.3, -0.25) is 0 Å². The van der Waals surface area contributed by atoms with Crippen LogP contribution in [0.25, 0.3) is 0 Å². The molecular weight excluding hydrogens is 252 g/mol. The second-order valence-electron chi connectivity index (χ2n) is 5.40. The van der Waals surface area contributed by atoms with E-state index < -0.39 is 5.60 Å². The molecule has 0 spiro atoms. The normalized spacial score (nSPS) is 13.1. The van der Waals surface area contributed by atoms with Gasteiger partial charge in [0.1, 0.15) is 11.6 Å². The highest BCUT2D eigenvalue weighted by atomic mass is 16.3. The molecule has 0 bridgehead atoms. The van der Waals surface area contributed by atoms with Crippen molar-refractivity contribution in [1.82, 2.24) is 15.0 Å². The first kappa shape index (κ1) is 14.4. The van der Waals surface area contributed by atoms with Crippen molar-refractivity contribution in [2.45, 2.75) is 39.3 Å². The summed E-state index contributed by atoms with van der Waals surface area (Å²) in [5, 5.41) is 13.6. The van der Waals surface area contributed by atoms with E-state index in [-0.39, 0.29) is 6.04 Å². The highest BCUT2D eigenvalue weighted by Gasteiger charge is 2.29. The van der Waals surface area contributed by atoms with Crippen LogP contribution in [0.1, 0.15) is 37.1 Å². The average Bonchev–Trinajstić information content (AvgIpc) is 2.34. The molecular formula is C15H20N4O. The van der Waals surface area contributed by atoms with Crippen LogP contribution in [0.5, 0.6) is 0 Å². The number of hydrogen-bond donors (Lipinski definition) is 2. The Hall–Kier alpha value is -2.01. The summed E-state index contributed by atoms with van der Waals surface area (Å²) < 4.78 is 0. The van der Waals surface area contributed by atoms with Gasteiger partial charge in [-0.05, 0) is 33.3 Å². The van der Waals surface area contributed by atoms with E-state index in [1.54, 1.807) is 13.8 Å². The van der Waals surface area contributed by atoms with Crippen LogP contribution >= 0.6 is 0 Å². The first-order chi connectivity index (χ1) is 9.36. The number of nitrogens with one attached hydrogen (secondary N) is 1. The first-order valence-corrected chi connectivity index (χ1v) is 6.59. The number of nitrogens with zero attached hydrogens (tertiary/aromatic N) is 3. The highest BCUT2D eigenvalue weighted by molar-refractivity contribution is 5.34. The number of aliphatic hydroxyl groups is 1. The minimum absolute atomic E-state index is 0.301. The molecule has 1 aromatic carbocycles. The fourth-order valence-corrected chi connectivity index (χ4v) is 2.12. The third-order valence-corrected chi connectivity index (χ3v) is 2.97. The molecule has 0 saturated heterocycles. The smallest absolute Gasteiger partial charge is 0.226 e. The van der Waals surface area contributed by atoms with Gasteiger partial charge in [0, 0.05) is 0 Å². The molecule has 0 fully saturated rings. The van der Waals surface area contributed by atoms with E-state index in [1.807, 2.05) is 44.2 Å². The second kappa shape index (κ2) is 5.54. The third-order valence-electron chi connectivity index (χ3n) is 2.97. The molecule has 0 unspecified atom stereocenters. The van der Waals surface area contributed by atoms with Gasteiger partial charge in [0.05, 0.1) is 11.6 Å². The zero-order valence-electron chi connectivity index (χ0n) is 12.3. The first-order valence-electron chi connectivity index (χ1n) is 6.59. The Bertz CT molecular complexity index is 558. The Morgan fingerprint density at radius 2 is 1.55 bits per heavy atom. The maximum atomic E-state index is 10.4. The molecule has 1 atom stereocenters. The van der Waals surface area contributed by atoms with Gasteiger partial charge in [0.15, 0.2) is 0 Å². The van der Waals surface area contributed by atoms with E-state index in [9.17, 15) is 5.11 Å². The molecule has 0 aliphatic carbocycles. The SMILES string of the molecule is Cc1nc(C)nc(N[C@@H](c2ccccc2)C(C)(C)O)n1. The summed E-state index contributed by atoms with van der Waals surface area (Å²) >= 11 is 0. The van der Waals surface area contributed by atoms with Gasteiger partial charge in [0.2, 0.25) is 5.95 Å². The zero-order valence-corrected chi connectivity index (χ0v) is 12.3. The van der Waals surface area contributed by atoms with Gasteiger partial charge in [-0.1, -0.05) is 30.3 Å². The maximum Gasteiger partial charge on any atom is 0.226 e. The van der Waals surface area contributed by atoms with Gasteiger partial charge >= 0.3 is 0 Å². The minimum Gasteiger partial charge on any atom is -0.388 e. The van der Waals surface area contributed by atoms with E-state index in [2.05, 4.69) is 20.3 Å². The fourth-order valence-electron chi connectivity index (χ4n) is 2.12. The number of benzene rings is 1. The average molecular weight is 272 g/mol. The lowest BCUT2D eigenvalue weighted by Crippen LogP contribution is -2.35. The summed E-state index contributed by atoms with van der Waals surface area (Å²) in [4.78, 5) is 12.7. The molecule has 0 aliphatic heterocycles. The van der Waals surface area contributed by atoms with Gasteiger partial charge in [-0.2, -0.15) is 9.97 Å². The summed E-state index contributed by atoms with van der Waals surface area (Å²) in [7, 11) is 0. The topological polar surface area (TPSA) is 70.9 Å². The monoisotopic (exact) mass is 272 g/mol. The third kappa shape index (κ3) is 3.51. The Kier molecular flexibility index (Phi) is 3.99. The number of rotatable bonds is 4. The molecule has 5 nitrogen and oxygen atoms in total. The van der Waals surface area contributed by atoms with E-state index >= 15 is 0 Å². The fraction of sp³-hybridized carbons (Fsp3) is 0.400. The van der Waals surface area contributed by atoms with Crippen LogP contribution < -0.4 is 5.32 Å². The van der Waals surface area contributed by atoms with Crippen LogP contribution in [0.3, 0.4) is 0 Å². The number of aromatic nitrogens is 3. The van der Waals surface area contributed by atoms with Gasteiger partial charge in [0.25, 0.3) is 0 Å². The number of anilines is 1. The van der Waals surface area contributed by atoms with Crippen molar-refractivity contribution >= 4 is 5.95 Å². The Labute approximate surface area is 119 Å². The maximum absolute atomic E-state index is 10.4. The molecule has 2 N–H and O–H groups in total. The van der Waals surface area contributed by atoms with Crippen molar-refractivity contribution in [3.05, 3.63) is 47.5 Å². The molecule has 0 amide bonds. The van der Waals surface area contributed by atoms with Gasteiger partial charge in [-0.25, -0.2) is 4.98 Å². The van der Waals surface area contributed by atoms with Crippen molar-refractivity contribution in [3.63, 3.8) is 0 Å². The molecule has 20 heavy (non-hydrogen) atoms. The lowest BCUT2D eigenvalue weighted by atomic mass is 9.92. The largest absolute Gasteiger partial charge is 0.388 e.